The zero-order valence-corrected chi connectivity index (χ0v) is 18.7. The largest absolute Gasteiger partial charge is 0.508 e. The molecule has 10 heteroatoms. The molecule has 3 atom stereocenters. The van der Waals surface area contributed by atoms with Gasteiger partial charge in [0.15, 0.2) is 9.84 Å². The van der Waals surface area contributed by atoms with Gasteiger partial charge in [-0.25, -0.2) is 13.2 Å². The van der Waals surface area contributed by atoms with Gasteiger partial charge >= 0.3 is 12.0 Å². The lowest BCUT2D eigenvalue weighted by atomic mass is 9.86. The normalized spacial score (nSPS) is 21.1. The van der Waals surface area contributed by atoms with E-state index in [9.17, 15) is 23.1 Å². The van der Waals surface area contributed by atoms with E-state index >= 15 is 0 Å². The Labute approximate surface area is 185 Å². The van der Waals surface area contributed by atoms with Crippen molar-refractivity contribution >= 4 is 33.6 Å². The molecule has 166 valence electrons. The van der Waals surface area contributed by atoms with Gasteiger partial charge in [0.2, 0.25) is 0 Å². The molecule has 1 aliphatic heterocycles. The number of phenolic OH excluding ortho intramolecular Hbond substituents is 1. The van der Waals surface area contributed by atoms with E-state index in [1.807, 2.05) is 18.4 Å². The monoisotopic (exact) mass is 464 g/mol. The maximum Gasteiger partial charge on any atom is 0.315 e. The molecule has 3 N–H and O–H groups in total. The summed E-state index contributed by atoms with van der Waals surface area (Å²) >= 11 is 1.56. The molecule has 2 aromatic carbocycles. The average Bonchev–Trinajstić information content (AvgIpc) is 2.73. The number of esters is 1. The second-order valence-electron chi connectivity index (χ2n) is 7.03. The molecule has 1 aliphatic rings. The van der Waals surface area contributed by atoms with Crippen LogP contribution in [-0.2, 0) is 19.4 Å². The van der Waals surface area contributed by atoms with Crippen molar-refractivity contribution in [3.63, 3.8) is 0 Å². The minimum absolute atomic E-state index is 0.0937. The minimum Gasteiger partial charge on any atom is -0.508 e. The summed E-state index contributed by atoms with van der Waals surface area (Å²) in [7, 11) is -3.92. The summed E-state index contributed by atoms with van der Waals surface area (Å²) in [6, 6.07) is 10.3. The Hall–Kier alpha value is -2.72. The number of phenols is 1. The van der Waals surface area contributed by atoms with Crippen molar-refractivity contribution in [3.05, 3.63) is 54.1 Å². The number of urea groups is 1. The lowest BCUT2D eigenvalue weighted by Gasteiger charge is -2.38. The predicted molar refractivity (Wildman–Crippen MR) is 117 cm³/mol. The van der Waals surface area contributed by atoms with Crippen LogP contribution >= 0.6 is 11.8 Å². The summed E-state index contributed by atoms with van der Waals surface area (Å²) in [5.41, 5.74) is 0.672. The number of benzene rings is 2. The van der Waals surface area contributed by atoms with E-state index in [0.29, 0.717) is 5.56 Å². The summed E-state index contributed by atoms with van der Waals surface area (Å²) in [5, 5.41) is 15.0. The van der Waals surface area contributed by atoms with Crippen LogP contribution in [0, 0.1) is 5.92 Å². The van der Waals surface area contributed by atoms with Gasteiger partial charge in [-0.15, -0.1) is 11.8 Å². The third kappa shape index (κ3) is 5.31. The lowest BCUT2D eigenvalue weighted by Crippen LogP contribution is -2.60. The number of thioether (sulfide) groups is 1. The highest BCUT2D eigenvalue weighted by Crippen LogP contribution is 2.32. The number of ether oxygens (including phenoxy) is 1. The SMILES string of the molecule is CCOC(=O)C1C(CS(=O)(=O)c2cccc(O)c2)NC(=O)NC1c1ccc(SC)cc1. The molecule has 1 heterocycles. The van der Waals surface area contributed by atoms with E-state index in [4.69, 9.17) is 4.74 Å². The molecule has 1 fully saturated rings. The minimum atomic E-state index is -3.92. The second-order valence-corrected chi connectivity index (χ2v) is 9.95. The number of carbonyl (C=O) groups is 2. The molecule has 0 aliphatic carbocycles. The molecule has 3 unspecified atom stereocenters. The fraction of sp³-hybridized carbons (Fsp3) is 0.333. The molecular weight excluding hydrogens is 440 g/mol. The highest BCUT2D eigenvalue weighted by Gasteiger charge is 2.45. The fourth-order valence-electron chi connectivity index (χ4n) is 3.56. The van der Waals surface area contributed by atoms with E-state index in [0.717, 1.165) is 11.0 Å². The Balaban J connectivity index is 1.97. The van der Waals surface area contributed by atoms with Crippen LogP contribution in [-0.4, -0.2) is 50.2 Å². The topological polar surface area (TPSA) is 122 Å². The molecule has 0 radical (unpaired) electrons. The van der Waals surface area contributed by atoms with Gasteiger partial charge in [0.25, 0.3) is 0 Å². The van der Waals surface area contributed by atoms with E-state index in [1.54, 1.807) is 30.8 Å². The van der Waals surface area contributed by atoms with Gasteiger partial charge in [-0.05, 0) is 49.1 Å². The zero-order chi connectivity index (χ0) is 22.6. The van der Waals surface area contributed by atoms with Crippen LogP contribution in [0.5, 0.6) is 5.75 Å². The van der Waals surface area contributed by atoms with Crippen LogP contribution in [0.25, 0.3) is 0 Å². The molecule has 0 saturated carbocycles. The molecular formula is C21H24N2O6S2. The van der Waals surface area contributed by atoms with Crippen LogP contribution in [0.1, 0.15) is 18.5 Å². The first kappa shape index (κ1) is 23.0. The molecule has 2 amide bonds. The first-order valence-corrected chi connectivity index (χ1v) is 12.5. The standard InChI is InChI=1S/C21H24N2O6S2/c1-3-29-20(25)18-17(12-31(27,28)16-6-4-5-14(24)11-16)22-21(26)23-19(18)13-7-9-15(30-2)10-8-13/h4-11,17-19,24H,3,12H2,1-2H3,(H2,22,23,26). The summed E-state index contributed by atoms with van der Waals surface area (Å²) in [6.45, 7) is 1.78. The Bertz CT molecular complexity index is 1060. The van der Waals surface area contributed by atoms with Gasteiger partial charge in [-0.1, -0.05) is 18.2 Å². The van der Waals surface area contributed by atoms with Crippen LogP contribution in [0.3, 0.4) is 0 Å². The predicted octanol–water partition coefficient (Wildman–Crippen LogP) is 2.49. The van der Waals surface area contributed by atoms with Crippen molar-refractivity contribution in [3.8, 4) is 5.75 Å². The maximum absolute atomic E-state index is 13.0. The summed E-state index contributed by atoms with van der Waals surface area (Å²) in [5.74, 6) is -2.29. The molecule has 0 spiro atoms. The van der Waals surface area contributed by atoms with Crippen LogP contribution in [0.15, 0.2) is 58.3 Å². The molecule has 8 nitrogen and oxygen atoms in total. The molecule has 2 aromatic rings. The lowest BCUT2D eigenvalue weighted by molar-refractivity contribution is -0.150. The van der Waals surface area contributed by atoms with E-state index in [2.05, 4.69) is 10.6 Å². The van der Waals surface area contributed by atoms with Crippen molar-refractivity contribution in [1.82, 2.24) is 10.6 Å². The second kappa shape index (κ2) is 9.61. The van der Waals surface area contributed by atoms with Crippen LogP contribution < -0.4 is 10.6 Å². The third-order valence-corrected chi connectivity index (χ3v) is 7.52. The van der Waals surface area contributed by atoms with Gasteiger partial charge in [0.05, 0.1) is 29.3 Å². The number of sulfone groups is 1. The van der Waals surface area contributed by atoms with Gasteiger partial charge in [0.1, 0.15) is 11.7 Å². The number of rotatable bonds is 7. The van der Waals surface area contributed by atoms with Gasteiger partial charge in [-0.3, -0.25) is 4.79 Å². The van der Waals surface area contributed by atoms with E-state index in [1.165, 1.54) is 18.2 Å². The molecule has 3 rings (SSSR count). The molecule has 1 saturated heterocycles. The fourth-order valence-corrected chi connectivity index (χ4v) is 5.51. The van der Waals surface area contributed by atoms with Crippen LogP contribution in [0.4, 0.5) is 4.79 Å². The maximum atomic E-state index is 13.0. The average molecular weight is 465 g/mol. The number of hydrogen-bond donors (Lipinski definition) is 3. The van der Waals surface area contributed by atoms with Crippen molar-refractivity contribution in [2.75, 3.05) is 18.6 Å². The van der Waals surface area contributed by atoms with Crippen molar-refractivity contribution in [1.29, 1.82) is 0 Å². The first-order valence-electron chi connectivity index (χ1n) is 9.64. The Morgan fingerprint density at radius 1 is 1.16 bits per heavy atom. The molecule has 31 heavy (non-hydrogen) atoms. The zero-order valence-electron chi connectivity index (χ0n) is 17.1. The van der Waals surface area contributed by atoms with E-state index < -0.39 is 45.6 Å². The number of carbonyl (C=O) groups excluding carboxylic acids is 2. The number of aromatic hydroxyl groups is 1. The summed E-state index contributed by atoms with van der Waals surface area (Å²) < 4.78 is 31.2. The smallest absolute Gasteiger partial charge is 0.315 e. The number of amides is 2. The Morgan fingerprint density at radius 3 is 2.48 bits per heavy atom. The van der Waals surface area contributed by atoms with Crippen molar-refractivity contribution in [2.24, 2.45) is 5.92 Å². The highest BCUT2D eigenvalue weighted by molar-refractivity contribution is 7.98. The molecule has 0 aromatic heterocycles. The number of hydrogen-bond acceptors (Lipinski definition) is 7. The van der Waals surface area contributed by atoms with Gasteiger partial charge in [-0.2, -0.15) is 0 Å². The van der Waals surface area contributed by atoms with Crippen molar-refractivity contribution < 1.29 is 27.9 Å². The molecule has 0 bridgehead atoms. The Kier molecular flexibility index (Phi) is 7.11. The van der Waals surface area contributed by atoms with Crippen molar-refractivity contribution in [2.45, 2.75) is 28.8 Å². The van der Waals surface area contributed by atoms with Crippen LogP contribution in [0.2, 0.25) is 0 Å². The number of nitrogens with one attached hydrogen (secondary N) is 2. The summed E-state index contributed by atoms with van der Waals surface area (Å²) in [6.07, 6.45) is 1.94. The van der Waals surface area contributed by atoms with Gasteiger partial charge < -0.3 is 20.5 Å². The van der Waals surface area contributed by atoms with Gasteiger partial charge in [0, 0.05) is 4.90 Å². The Morgan fingerprint density at radius 2 is 1.87 bits per heavy atom. The quantitative estimate of drug-likeness (QED) is 0.425. The highest BCUT2D eigenvalue weighted by atomic mass is 32.2. The van der Waals surface area contributed by atoms with E-state index in [-0.39, 0.29) is 17.3 Å². The summed E-state index contributed by atoms with van der Waals surface area (Å²) in [4.78, 5) is 26.1. The first-order chi connectivity index (χ1) is 14.7. The third-order valence-electron chi connectivity index (χ3n) is 5.01.